The van der Waals surface area contributed by atoms with Gasteiger partial charge in [0.25, 0.3) is 0 Å². The Hall–Kier alpha value is -4.12. The van der Waals surface area contributed by atoms with Gasteiger partial charge in [-0.1, -0.05) is 42.5 Å². The number of amides is 1. The number of benzene rings is 2. The molecule has 1 aromatic heterocycles. The number of allylic oxidation sites excluding steroid dienone is 1. The van der Waals surface area contributed by atoms with Gasteiger partial charge in [-0.2, -0.15) is 5.26 Å². The van der Waals surface area contributed by atoms with Crippen LogP contribution in [0, 0.1) is 11.3 Å². The van der Waals surface area contributed by atoms with Crippen LogP contribution in [-0.2, 0) is 27.8 Å². The number of imidazole rings is 1. The molecule has 0 aliphatic carbocycles. The Balaban J connectivity index is 1.58. The van der Waals surface area contributed by atoms with Crippen LogP contribution in [0.5, 0.6) is 0 Å². The largest absolute Gasteiger partial charge is 0.507 e. The van der Waals surface area contributed by atoms with Crippen molar-refractivity contribution in [1.29, 1.82) is 5.26 Å². The molecule has 0 aliphatic rings. The maximum absolute atomic E-state index is 11.9. The van der Waals surface area contributed by atoms with E-state index in [9.17, 15) is 20.0 Å². The fourth-order valence-corrected chi connectivity index (χ4v) is 2.90. The van der Waals surface area contributed by atoms with Gasteiger partial charge in [-0.25, -0.2) is 4.98 Å². The first-order valence-electron chi connectivity index (χ1n) is 9.20. The Labute approximate surface area is 173 Å². The van der Waals surface area contributed by atoms with Crippen LogP contribution in [0.3, 0.4) is 0 Å². The molecule has 8 heteroatoms. The first-order chi connectivity index (χ1) is 14.5. The van der Waals surface area contributed by atoms with E-state index in [0.717, 1.165) is 11.1 Å². The zero-order chi connectivity index (χ0) is 21.5. The normalized spacial score (nSPS) is 11.5. The molecule has 0 saturated carbocycles. The molecule has 0 spiro atoms. The minimum Gasteiger partial charge on any atom is -0.507 e. The van der Waals surface area contributed by atoms with Crippen LogP contribution in [0.25, 0.3) is 16.6 Å². The van der Waals surface area contributed by atoms with E-state index in [1.807, 2.05) is 54.6 Å². The van der Waals surface area contributed by atoms with E-state index in [0.29, 0.717) is 5.52 Å². The molecule has 1 heterocycles. The third kappa shape index (κ3) is 4.83. The van der Waals surface area contributed by atoms with Crippen molar-refractivity contribution < 1.29 is 19.4 Å². The van der Waals surface area contributed by atoms with Crippen molar-refractivity contribution in [2.45, 2.75) is 6.42 Å². The number of hydrogen-bond acceptors (Lipinski definition) is 6. The van der Waals surface area contributed by atoms with E-state index in [2.05, 4.69) is 10.3 Å². The highest BCUT2D eigenvalue weighted by Crippen LogP contribution is 2.21. The van der Waals surface area contributed by atoms with Crippen molar-refractivity contribution in [3.8, 4) is 6.07 Å². The van der Waals surface area contributed by atoms with Gasteiger partial charge in [-0.15, -0.1) is 0 Å². The lowest BCUT2D eigenvalue weighted by Gasteiger charge is -2.08. The molecule has 0 unspecified atom stereocenters. The number of para-hydroxylation sites is 2. The topological polar surface area (TPSA) is 117 Å². The number of aliphatic hydroxyl groups is 1. The summed E-state index contributed by atoms with van der Waals surface area (Å²) in [7, 11) is 1.73. The van der Waals surface area contributed by atoms with Crippen molar-refractivity contribution in [2.75, 3.05) is 13.2 Å². The smallest absolute Gasteiger partial charge is 0.325 e. The average Bonchev–Trinajstić information content (AvgIpc) is 3.08. The van der Waals surface area contributed by atoms with Crippen LogP contribution >= 0.6 is 0 Å². The lowest BCUT2D eigenvalue weighted by Crippen LogP contribution is -2.32. The van der Waals surface area contributed by atoms with E-state index in [1.165, 1.54) is 0 Å². The second-order valence-corrected chi connectivity index (χ2v) is 6.52. The molecule has 3 aromatic rings. The fraction of sp³-hybridized carbons (Fsp3) is 0.182. The number of nitrogens with one attached hydrogen (secondary N) is 1. The van der Waals surface area contributed by atoms with Crippen molar-refractivity contribution in [1.82, 2.24) is 14.9 Å². The van der Waals surface area contributed by atoms with Crippen LogP contribution in [-0.4, -0.2) is 39.7 Å². The summed E-state index contributed by atoms with van der Waals surface area (Å²) >= 11 is 0. The molecule has 152 valence electrons. The molecule has 0 atom stereocenters. The Bertz CT molecular complexity index is 1140. The lowest BCUT2D eigenvalue weighted by molar-refractivity contribution is -0.143. The van der Waals surface area contributed by atoms with Gasteiger partial charge in [0.1, 0.15) is 24.8 Å². The molecule has 0 fully saturated rings. The first kappa shape index (κ1) is 20.6. The van der Waals surface area contributed by atoms with E-state index in [4.69, 9.17) is 4.74 Å². The highest BCUT2D eigenvalue weighted by atomic mass is 16.5. The molecule has 8 nitrogen and oxygen atoms in total. The zero-order valence-corrected chi connectivity index (χ0v) is 16.3. The summed E-state index contributed by atoms with van der Waals surface area (Å²) in [5.74, 6) is -1.20. The molecule has 30 heavy (non-hydrogen) atoms. The molecule has 3 rings (SSSR count). The first-order valence-corrected chi connectivity index (χ1v) is 9.20. The second kappa shape index (κ2) is 9.39. The number of fused-ring (bicyclic) bond motifs is 1. The van der Waals surface area contributed by atoms with Crippen molar-refractivity contribution >= 4 is 28.5 Å². The number of nitriles is 1. The van der Waals surface area contributed by atoms with Crippen LogP contribution < -0.4 is 5.32 Å². The fourth-order valence-electron chi connectivity index (χ4n) is 2.90. The molecule has 2 aromatic carbocycles. The summed E-state index contributed by atoms with van der Waals surface area (Å²) in [6.45, 7) is -0.841. The van der Waals surface area contributed by atoms with E-state index in [1.54, 1.807) is 17.7 Å². The molecular weight excluding hydrogens is 384 g/mol. The lowest BCUT2D eigenvalue weighted by atomic mass is 10.1. The summed E-state index contributed by atoms with van der Waals surface area (Å²) in [6, 6.07) is 18.3. The minimum absolute atomic E-state index is 0.0883. The quantitative estimate of drug-likeness (QED) is 0.354. The number of carbonyl (C=O) groups excluding carboxylic acids is 2. The van der Waals surface area contributed by atoms with Gasteiger partial charge < -0.3 is 19.7 Å². The predicted molar refractivity (Wildman–Crippen MR) is 110 cm³/mol. The number of rotatable bonds is 7. The summed E-state index contributed by atoms with van der Waals surface area (Å²) in [6.07, 6.45) is 0.143. The van der Waals surface area contributed by atoms with Gasteiger partial charge in [0.15, 0.2) is 11.6 Å². The molecule has 0 bridgehead atoms. The van der Waals surface area contributed by atoms with E-state index in [-0.39, 0.29) is 30.3 Å². The maximum Gasteiger partial charge on any atom is 0.325 e. The molecular formula is C22H20N4O4. The number of ether oxygens (including phenoxy) is 1. The number of aryl methyl sites for hydroxylation is 1. The third-order valence-corrected chi connectivity index (χ3v) is 4.42. The molecule has 0 radical (unpaired) electrons. The average molecular weight is 404 g/mol. The molecule has 1 amide bonds. The number of carbonyl (C=O) groups is 2. The maximum atomic E-state index is 11.9. The van der Waals surface area contributed by atoms with Crippen LogP contribution in [0.1, 0.15) is 11.4 Å². The van der Waals surface area contributed by atoms with Crippen molar-refractivity contribution in [2.24, 2.45) is 7.05 Å². The van der Waals surface area contributed by atoms with Gasteiger partial charge in [0.05, 0.1) is 17.5 Å². The van der Waals surface area contributed by atoms with Crippen LogP contribution in [0.15, 0.2) is 60.4 Å². The van der Waals surface area contributed by atoms with Gasteiger partial charge >= 0.3 is 5.97 Å². The van der Waals surface area contributed by atoms with Gasteiger partial charge in [0.2, 0.25) is 5.91 Å². The van der Waals surface area contributed by atoms with E-state index < -0.39 is 18.3 Å². The predicted octanol–water partition coefficient (Wildman–Crippen LogP) is 2.27. The Morgan fingerprint density at radius 1 is 1.17 bits per heavy atom. The van der Waals surface area contributed by atoms with E-state index >= 15 is 0 Å². The van der Waals surface area contributed by atoms with Crippen molar-refractivity contribution in [3.63, 3.8) is 0 Å². The molecule has 0 aliphatic heterocycles. The highest BCUT2D eigenvalue weighted by molar-refractivity contribution is 5.85. The highest BCUT2D eigenvalue weighted by Gasteiger charge is 2.17. The molecule has 2 N–H and O–H groups in total. The SMILES string of the molecule is Cn1c(/C(C#N)=C(\O)COC(=O)CNC(=O)Cc2ccccc2)nc2ccccc21. The van der Waals surface area contributed by atoms with Gasteiger partial charge in [-0.05, 0) is 17.7 Å². The summed E-state index contributed by atoms with van der Waals surface area (Å²) < 4.78 is 6.65. The number of esters is 1. The van der Waals surface area contributed by atoms with Gasteiger partial charge in [-0.3, -0.25) is 9.59 Å². The standard InChI is InChI=1S/C22H20N4O4/c1-26-18-10-6-5-9-17(18)25-22(26)16(12-23)19(27)14-30-21(29)13-24-20(28)11-15-7-3-2-4-8-15/h2-10,27H,11,13-14H2,1H3,(H,24,28)/b19-16-. The Morgan fingerprint density at radius 2 is 1.87 bits per heavy atom. The third-order valence-electron chi connectivity index (χ3n) is 4.42. The van der Waals surface area contributed by atoms with Crippen LogP contribution in [0.4, 0.5) is 0 Å². The molecule has 0 saturated heterocycles. The second-order valence-electron chi connectivity index (χ2n) is 6.52. The minimum atomic E-state index is -0.731. The summed E-state index contributed by atoms with van der Waals surface area (Å²) in [5, 5.41) is 22.2. The number of aromatic nitrogens is 2. The monoisotopic (exact) mass is 404 g/mol. The van der Waals surface area contributed by atoms with Crippen LogP contribution in [0.2, 0.25) is 0 Å². The summed E-state index contributed by atoms with van der Waals surface area (Å²) in [4.78, 5) is 28.1. The van der Waals surface area contributed by atoms with Crippen molar-refractivity contribution in [3.05, 3.63) is 71.7 Å². The Kier molecular flexibility index (Phi) is 6.45. The zero-order valence-electron chi connectivity index (χ0n) is 16.3. The number of aliphatic hydroxyl groups excluding tert-OH is 1. The number of nitrogens with zero attached hydrogens (tertiary/aromatic N) is 3. The Morgan fingerprint density at radius 3 is 2.57 bits per heavy atom. The number of hydrogen-bond donors (Lipinski definition) is 2. The van der Waals surface area contributed by atoms with Gasteiger partial charge in [0, 0.05) is 7.05 Å². The summed E-state index contributed by atoms with van der Waals surface area (Å²) in [5.41, 5.74) is 2.21.